The van der Waals surface area contributed by atoms with Crippen LogP contribution in [0.5, 0.6) is 0 Å². The molecule has 1 N–H and O–H groups in total. The van der Waals surface area contributed by atoms with Crippen molar-refractivity contribution in [2.75, 3.05) is 20.6 Å². The maximum atomic E-state index is 4.65. The van der Waals surface area contributed by atoms with Gasteiger partial charge < -0.3 is 10.2 Å². The highest BCUT2D eigenvalue weighted by Crippen LogP contribution is 2.26. The van der Waals surface area contributed by atoms with Crippen LogP contribution in [0.15, 0.2) is 18.2 Å². The van der Waals surface area contributed by atoms with Crippen LogP contribution in [-0.2, 0) is 13.1 Å². The largest absolute Gasteiger partial charge is 0.314 e. The number of nitrogens with one attached hydrogen (secondary N) is 1. The van der Waals surface area contributed by atoms with Crippen LogP contribution in [0.25, 0.3) is 0 Å². The zero-order valence-corrected chi connectivity index (χ0v) is 10.9. The van der Waals surface area contributed by atoms with Crippen molar-refractivity contribution in [3.8, 4) is 0 Å². The van der Waals surface area contributed by atoms with E-state index in [0.717, 1.165) is 24.7 Å². The Balaban J connectivity index is 1.85. The maximum absolute atomic E-state index is 4.65. The number of aromatic nitrogens is 1. The fraction of sp³-hybridized carbons (Fsp3) is 0.643. The van der Waals surface area contributed by atoms with Crippen molar-refractivity contribution in [3.05, 3.63) is 29.6 Å². The first-order chi connectivity index (χ1) is 8.28. The number of hydrogen-bond donors (Lipinski definition) is 1. The lowest BCUT2D eigenvalue weighted by Crippen LogP contribution is -2.29. The van der Waals surface area contributed by atoms with Gasteiger partial charge in [0.15, 0.2) is 0 Å². The SMILES string of the molecule is CNCc1cccc(CN(C)CC2CCC2)n1. The first kappa shape index (κ1) is 12.5. The number of pyridine rings is 1. The van der Waals surface area contributed by atoms with E-state index in [-0.39, 0.29) is 0 Å². The van der Waals surface area contributed by atoms with Crippen LogP contribution in [0.1, 0.15) is 30.7 Å². The molecule has 0 bridgehead atoms. The van der Waals surface area contributed by atoms with Crippen molar-refractivity contribution in [2.45, 2.75) is 32.4 Å². The van der Waals surface area contributed by atoms with Gasteiger partial charge in [-0.05, 0) is 45.0 Å². The summed E-state index contributed by atoms with van der Waals surface area (Å²) in [6, 6.07) is 6.30. The molecule has 0 atom stereocenters. The highest BCUT2D eigenvalue weighted by atomic mass is 15.1. The number of hydrogen-bond acceptors (Lipinski definition) is 3. The zero-order valence-electron chi connectivity index (χ0n) is 10.9. The van der Waals surface area contributed by atoms with Crippen LogP contribution in [-0.4, -0.2) is 30.5 Å². The molecule has 3 nitrogen and oxygen atoms in total. The first-order valence-corrected chi connectivity index (χ1v) is 6.56. The molecular formula is C14H23N3. The highest BCUT2D eigenvalue weighted by molar-refractivity contribution is 5.11. The Hall–Kier alpha value is -0.930. The Kier molecular flexibility index (Phi) is 4.51. The van der Waals surface area contributed by atoms with E-state index in [2.05, 4.69) is 40.4 Å². The van der Waals surface area contributed by atoms with Crippen LogP contribution >= 0.6 is 0 Å². The Bertz CT molecular complexity index is 347. The molecule has 94 valence electrons. The van der Waals surface area contributed by atoms with E-state index < -0.39 is 0 Å². The van der Waals surface area contributed by atoms with E-state index in [1.54, 1.807) is 0 Å². The van der Waals surface area contributed by atoms with E-state index in [4.69, 9.17) is 0 Å². The van der Waals surface area contributed by atoms with E-state index in [1.165, 1.54) is 31.5 Å². The minimum Gasteiger partial charge on any atom is -0.314 e. The maximum Gasteiger partial charge on any atom is 0.0547 e. The second-order valence-corrected chi connectivity index (χ2v) is 5.14. The predicted molar refractivity (Wildman–Crippen MR) is 70.7 cm³/mol. The van der Waals surface area contributed by atoms with Crippen molar-refractivity contribution in [3.63, 3.8) is 0 Å². The summed E-state index contributed by atoms with van der Waals surface area (Å²) < 4.78 is 0. The molecule has 2 rings (SSSR count). The van der Waals surface area contributed by atoms with Crippen LogP contribution < -0.4 is 5.32 Å². The van der Waals surface area contributed by atoms with E-state index in [0.29, 0.717) is 0 Å². The molecule has 0 spiro atoms. The van der Waals surface area contributed by atoms with Gasteiger partial charge in [-0.15, -0.1) is 0 Å². The summed E-state index contributed by atoms with van der Waals surface area (Å²) >= 11 is 0. The topological polar surface area (TPSA) is 28.2 Å². The molecule has 1 fully saturated rings. The summed E-state index contributed by atoms with van der Waals surface area (Å²) in [4.78, 5) is 7.05. The predicted octanol–water partition coefficient (Wildman–Crippen LogP) is 2.03. The van der Waals surface area contributed by atoms with Gasteiger partial charge >= 0.3 is 0 Å². The van der Waals surface area contributed by atoms with E-state index in [9.17, 15) is 0 Å². The molecule has 1 aliphatic rings. The number of rotatable bonds is 6. The Morgan fingerprint density at radius 3 is 2.76 bits per heavy atom. The van der Waals surface area contributed by atoms with Gasteiger partial charge in [0.05, 0.1) is 11.4 Å². The standard InChI is InChI=1S/C14H23N3/c1-15-9-13-7-4-8-14(16-13)11-17(2)10-12-5-3-6-12/h4,7-8,12,15H,3,5-6,9-11H2,1-2H3. The molecule has 0 saturated heterocycles. The van der Waals surface area contributed by atoms with E-state index in [1.807, 2.05) is 7.05 Å². The van der Waals surface area contributed by atoms with Crippen molar-refractivity contribution < 1.29 is 0 Å². The molecule has 1 aliphatic carbocycles. The summed E-state index contributed by atoms with van der Waals surface area (Å²) in [5.74, 6) is 0.931. The second-order valence-electron chi connectivity index (χ2n) is 5.14. The van der Waals surface area contributed by atoms with Gasteiger partial charge in [0, 0.05) is 19.6 Å². The molecule has 0 unspecified atom stereocenters. The second kappa shape index (κ2) is 6.12. The highest BCUT2D eigenvalue weighted by Gasteiger charge is 2.19. The molecule has 0 amide bonds. The van der Waals surface area contributed by atoms with Gasteiger partial charge in [0.2, 0.25) is 0 Å². The summed E-state index contributed by atoms with van der Waals surface area (Å²) in [5.41, 5.74) is 2.31. The fourth-order valence-electron chi connectivity index (χ4n) is 2.35. The third-order valence-electron chi connectivity index (χ3n) is 3.45. The van der Waals surface area contributed by atoms with Crippen molar-refractivity contribution in [2.24, 2.45) is 5.92 Å². The Morgan fingerprint density at radius 1 is 1.35 bits per heavy atom. The molecule has 1 aromatic rings. The third kappa shape index (κ3) is 3.79. The summed E-state index contributed by atoms with van der Waals surface area (Å²) in [7, 11) is 4.15. The average Bonchev–Trinajstić information content (AvgIpc) is 2.25. The lowest BCUT2D eigenvalue weighted by molar-refractivity contribution is 0.199. The van der Waals surface area contributed by atoms with Crippen molar-refractivity contribution >= 4 is 0 Å². The quantitative estimate of drug-likeness (QED) is 0.815. The smallest absolute Gasteiger partial charge is 0.0547 e. The molecule has 0 aromatic carbocycles. The summed E-state index contributed by atoms with van der Waals surface area (Å²) in [6.07, 6.45) is 4.25. The lowest BCUT2D eigenvalue weighted by Gasteiger charge is -2.29. The van der Waals surface area contributed by atoms with Crippen LogP contribution in [0, 0.1) is 5.92 Å². The molecule has 0 radical (unpaired) electrons. The fourth-order valence-corrected chi connectivity index (χ4v) is 2.35. The van der Waals surface area contributed by atoms with Gasteiger partial charge in [-0.2, -0.15) is 0 Å². The zero-order chi connectivity index (χ0) is 12.1. The number of nitrogens with zero attached hydrogens (tertiary/aromatic N) is 2. The molecule has 1 saturated carbocycles. The first-order valence-electron chi connectivity index (χ1n) is 6.56. The molecule has 17 heavy (non-hydrogen) atoms. The normalized spacial score (nSPS) is 16.2. The monoisotopic (exact) mass is 233 g/mol. The molecule has 3 heteroatoms. The molecule has 0 aliphatic heterocycles. The van der Waals surface area contributed by atoms with Crippen LogP contribution in [0.3, 0.4) is 0 Å². The van der Waals surface area contributed by atoms with E-state index >= 15 is 0 Å². The molecule has 1 heterocycles. The lowest BCUT2D eigenvalue weighted by atomic mass is 9.85. The molecule has 1 aromatic heterocycles. The van der Waals surface area contributed by atoms with Crippen LogP contribution in [0.4, 0.5) is 0 Å². The van der Waals surface area contributed by atoms with Gasteiger partial charge in [0.25, 0.3) is 0 Å². The minimum absolute atomic E-state index is 0.847. The van der Waals surface area contributed by atoms with Gasteiger partial charge in [-0.25, -0.2) is 0 Å². The summed E-state index contributed by atoms with van der Waals surface area (Å²) in [6.45, 7) is 3.03. The van der Waals surface area contributed by atoms with Crippen molar-refractivity contribution in [1.82, 2.24) is 15.2 Å². The Labute approximate surface area is 104 Å². The van der Waals surface area contributed by atoms with Gasteiger partial charge in [-0.1, -0.05) is 12.5 Å². The van der Waals surface area contributed by atoms with Crippen LogP contribution in [0.2, 0.25) is 0 Å². The third-order valence-corrected chi connectivity index (χ3v) is 3.45. The van der Waals surface area contributed by atoms with Crippen molar-refractivity contribution in [1.29, 1.82) is 0 Å². The Morgan fingerprint density at radius 2 is 2.12 bits per heavy atom. The average molecular weight is 233 g/mol. The van der Waals surface area contributed by atoms with Gasteiger partial charge in [0.1, 0.15) is 0 Å². The molecular weight excluding hydrogens is 210 g/mol. The van der Waals surface area contributed by atoms with Gasteiger partial charge in [-0.3, -0.25) is 4.98 Å². The minimum atomic E-state index is 0.847. The summed E-state index contributed by atoms with van der Waals surface area (Å²) in [5, 5.41) is 3.14.